The van der Waals surface area contributed by atoms with Crippen LogP contribution in [0.1, 0.15) is 18.4 Å². The molecule has 0 spiro atoms. The van der Waals surface area contributed by atoms with Crippen molar-refractivity contribution in [3.05, 3.63) is 29.8 Å². The van der Waals surface area contributed by atoms with Crippen molar-refractivity contribution >= 4 is 11.9 Å². The van der Waals surface area contributed by atoms with E-state index in [1.54, 1.807) is 12.1 Å². The van der Waals surface area contributed by atoms with Gasteiger partial charge >= 0.3 is 5.97 Å². The molecule has 0 saturated heterocycles. The molecule has 0 bridgehead atoms. The van der Waals surface area contributed by atoms with Gasteiger partial charge in [-0.2, -0.15) is 0 Å². The Kier molecular flexibility index (Phi) is 4.24. The predicted molar refractivity (Wildman–Crippen MR) is 72.2 cm³/mol. The molecule has 0 aromatic heterocycles. The number of benzene rings is 1. The number of aromatic hydroxyl groups is 1. The van der Waals surface area contributed by atoms with Crippen LogP contribution in [0.25, 0.3) is 0 Å². The monoisotopic (exact) mass is 278 g/mol. The number of nitrogens with zero attached hydrogens (tertiary/aromatic N) is 1. The average Bonchev–Trinajstić information content (AvgIpc) is 3.22. The smallest absolute Gasteiger partial charge is 0.323 e. The maximum absolute atomic E-state index is 12.2. The van der Waals surface area contributed by atoms with Crippen LogP contribution in [0, 0.1) is 0 Å². The Morgan fingerprint density at radius 1 is 1.30 bits per heavy atom. The minimum absolute atomic E-state index is 0.0180. The standard InChI is InChI=1S/C14H18N2O4/c15-12(7-9-1-5-11(17)6-2-9)14(20)16(8-13(18)19)10-3-4-10/h1-2,5-6,10,12,17H,3-4,7-8,15H2,(H,18,19)/t12-/m1/s1. The van der Waals surface area contributed by atoms with E-state index >= 15 is 0 Å². The van der Waals surface area contributed by atoms with Crippen molar-refractivity contribution in [2.45, 2.75) is 31.3 Å². The number of phenols is 1. The highest BCUT2D eigenvalue weighted by atomic mass is 16.4. The summed E-state index contributed by atoms with van der Waals surface area (Å²) < 4.78 is 0. The summed E-state index contributed by atoms with van der Waals surface area (Å²) >= 11 is 0. The normalized spacial score (nSPS) is 15.7. The van der Waals surface area contributed by atoms with Crippen molar-refractivity contribution in [2.75, 3.05) is 6.54 Å². The topological polar surface area (TPSA) is 104 Å². The van der Waals surface area contributed by atoms with Gasteiger partial charge in [0.1, 0.15) is 12.3 Å². The van der Waals surface area contributed by atoms with Gasteiger partial charge in [0, 0.05) is 6.04 Å². The van der Waals surface area contributed by atoms with Gasteiger partial charge in [-0.1, -0.05) is 12.1 Å². The van der Waals surface area contributed by atoms with Gasteiger partial charge in [0.05, 0.1) is 6.04 Å². The van der Waals surface area contributed by atoms with Crippen LogP contribution < -0.4 is 5.73 Å². The lowest BCUT2D eigenvalue weighted by Gasteiger charge is -2.24. The Labute approximate surface area is 116 Å². The molecule has 0 aliphatic heterocycles. The molecule has 108 valence electrons. The average molecular weight is 278 g/mol. The maximum Gasteiger partial charge on any atom is 0.323 e. The molecule has 6 heteroatoms. The van der Waals surface area contributed by atoms with E-state index < -0.39 is 12.0 Å². The molecule has 2 rings (SSSR count). The second-order valence-corrected chi connectivity index (χ2v) is 5.07. The molecule has 1 aliphatic rings. The van der Waals surface area contributed by atoms with Gasteiger partial charge < -0.3 is 20.8 Å². The van der Waals surface area contributed by atoms with E-state index in [0.29, 0.717) is 6.42 Å². The third-order valence-corrected chi connectivity index (χ3v) is 3.29. The van der Waals surface area contributed by atoms with Crippen LogP contribution in [0.5, 0.6) is 5.75 Å². The quantitative estimate of drug-likeness (QED) is 0.696. The molecule has 1 aliphatic carbocycles. The molecule has 1 saturated carbocycles. The molecule has 1 amide bonds. The van der Waals surface area contributed by atoms with Gasteiger partial charge in [-0.25, -0.2) is 0 Å². The zero-order valence-corrected chi connectivity index (χ0v) is 11.0. The number of carboxylic acids is 1. The Hall–Kier alpha value is -2.08. The highest BCUT2D eigenvalue weighted by Gasteiger charge is 2.35. The lowest BCUT2D eigenvalue weighted by molar-refractivity contribution is -0.145. The fourth-order valence-electron chi connectivity index (χ4n) is 2.11. The number of phenolic OH excluding ortho intramolecular Hbond substituents is 1. The molecule has 6 nitrogen and oxygen atoms in total. The van der Waals surface area contributed by atoms with Crippen molar-refractivity contribution in [2.24, 2.45) is 5.73 Å². The molecule has 0 heterocycles. The van der Waals surface area contributed by atoms with Gasteiger partial charge in [0.2, 0.25) is 5.91 Å². The Morgan fingerprint density at radius 2 is 1.90 bits per heavy atom. The van der Waals surface area contributed by atoms with Crippen LogP contribution in [-0.4, -0.2) is 45.6 Å². The summed E-state index contributed by atoms with van der Waals surface area (Å²) in [5.74, 6) is -1.20. The fourth-order valence-corrected chi connectivity index (χ4v) is 2.11. The third kappa shape index (κ3) is 3.71. The maximum atomic E-state index is 12.2. The molecule has 1 aromatic rings. The summed E-state index contributed by atoms with van der Waals surface area (Å²) in [5.41, 5.74) is 6.71. The summed E-state index contributed by atoms with van der Waals surface area (Å²) in [6.07, 6.45) is 2.00. The first-order valence-corrected chi connectivity index (χ1v) is 6.53. The summed E-state index contributed by atoms with van der Waals surface area (Å²) in [7, 11) is 0. The third-order valence-electron chi connectivity index (χ3n) is 3.29. The summed E-state index contributed by atoms with van der Waals surface area (Å²) in [4.78, 5) is 24.4. The molecule has 20 heavy (non-hydrogen) atoms. The van der Waals surface area contributed by atoms with Crippen molar-refractivity contribution in [3.63, 3.8) is 0 Å². The molecule has 1 atom stereocenters. The molecular formula is C14H18N2O4. The summed E-state index contributed by atoms with van der Waals surface area (Å²) in [6.45, 7) is -0.299. The van der Waals surface area contributed by atoms with Crippen LogP contribution in [-0.2, 0) is 16.0 Å². The summed E-state index contributed by atoms with van der Waals surface area (Å²) in [6, 6.07) is 5.71. The van der Waals surface area contributed by atoms with Crippen LogP contribution >= 0.6 is 0 Å². The number of amides is 1. The first-order chi connectivity index (χ1) is 9.47. The fraction of sp³-hybridized carbons (Fsp3) is 0.429. The predicted octanol–water partition coefficient (Wildman–Crippen LogP) is 0.338. The molecule has 1 aromatic carbocycles. The zero-order valence-electron chi connectivity index (χ0n) is 11.0. The summed E-state index contributed by atoms with van der Waals surface area (Å²) in [5, 5.41) is 18.0. The molecular weight excluding hydrogens is 260 g/mol. The van der Waals surface area contributed by atoms with Crippen LogP contribution in [0.4, 0.5) is 0 Å². The van der Waals surface area contributed by atoms with Crippen molar-refractivity contribution in [1.82, 2.24) is 4.90 Å². The van der Waals surface area contributed by atoms with Crippen LogP contribution in [0.2, 0.25) is 0 Å². The lowest BCUT2D eigenvalue weighted by atomic mass is 10.1. The highest BCUT2D eigenvalue weighted by molar-refractivity contribution is 5.86. The number of carbonyl (C=O) groups is 2. The molecule has 0 radical (unpaired) electrons. The Balaban J connectivity index is 1.99. The van der Waals surface area contributed by atoms with E-state index in [9.17, 15) is 14.7 Å². The number of hydrogen-bond acceptors (Lipinski definition) is 4. The number of nitrogens with two attached hydrogens (primary N) is 1. The Bertz CT molecular complexity index is 496. The van der Waals surface area contributed by atoms with Gasteiger partial charge in [-0.05, 0) is 37.0 Å². The number of carbonyl (C=O) groups excluding carboxylic acids is 1. The minimum Gasteiger partial charge on any atom is -0.508 e. The number of hydrogen-bond donors (Lipinski definition) is 3. The van der Waals surface area contributed by atoms with Gasteiger partial charge in [0.25, 0.3) is 0 Å². The largest absolute Gasteiger partial charge is 0.508 e. The SMILES string of the molecule is N[C@H](Cc1ccc(O)cc1)C(=O)N(CC(=O)O)C1CC1. The van der Waals surface area contributed by atoms with Crippen molar-refractivity contribution < 1.29 is 19.8 Å². The first-order valence-electron chi connectivity index (χ1n) is 6.53. The lowest BCUT2D eigenvalue weighted by Crippen LogP contribution is -2.47. The molecule has 4 N–H and O–H groups in total. The van der Waals surface area contributed by atoms with E-state index in [-0.39, 0.29) is 24.2 Å². The molecule has 1 fully saturated rings. The van der Waals surface area contributed by atoms with Crippen molar-refractivity contribution in [1.29, 1.82) is 0 Å². The second kappa shape index (κ2) is 5.92. The van der Waals surface area contributed by atoms with E-state index in [1.165, 1.54) is 17.0 Å². The zero-order chi connectivity index (χ0) is 14.7. The number of aliphatic carboxylic acids is 1. The highest BCUT2D eigenvalue weighted by Crippen LogP contribution is 2.27. The Morgan fingerprint density at radius 3 is 2.40 bits per heavy atom. The number of carboxylic acid groups (broad SMARTS) is 1. The first kappa shape index (κ1) is 14.3. The molecule has 0 unspecified atom stereocenters. The van der Waals surface area contributed by atoms with E-state index in [1.807, 2.05) is 0 Å². The second-order valence-electron chi connectivity index (χ2n) is 5.07. The van der Waals surface area contributed by atoms with Crippen LogP contribution in [0.3, 0.4) is 0 Å². The van der Waals surface area contributed by atoms with Crippen LogP contribution in [0.15, 0.2) is 24.3 Å². The van der Waals surface area contributed by atoms with E-state index in [0.717, 1.165) is 18.4 Å². The minimum atomic E-state index is -1.03. The van der Waals surface area contributed by atoms with E-state index in [2.05, 4.69) is 0 Å². The van der Waals surface area contributed by atoms with Gasteiger partial charge in [-0.3, -0.25) is 9.59 Å². The van der Waals surface area contributed by atoms with Gasteiger partial charge in [0.15, 0.2) is 0 Å². The van der Waals surface area contributed by atoms with Gasteiger partial charge in [-0.15, -0.1) is 0 Å². The number of rotatable bonds is 6. The van der Waals surface area contributed by atoms with E-state index in [4.69, 9.17) is 10.8 Å². The van der Waals surface area contributed by atoms with Crippen molar-refractivity contribution in [3.8, 4) is 5.75 Å².